The first-order valence-electron chi connectivity index (χ1n) is 14.3. The predicted octanol–water partition coefficient (Wildman–Crippen LogP) is 7.69. The first-order chi connectivity index (χ1) is 20.3. The first-order valence-corrected chi connectivity index (χ1v) is 14.7. The lowest BCUT2D eigenvalue weighted by Crippen LogP contribution is -2.47. The van der Waals surface area contributed by atoms with Crippen LogP contribution >= 0.6 is 11.6 Å². The zero-order valence-corrected chi connectivity index (χ0v) is 25.0. The Morgan fingerprint density at radius 3 is 1.81 bits per heavy atom. The number of hydrogen-bond acceptors (Lipinski definition) is 4. The normalized spacial score (nSPS) is 14.4. The summed E-state index contributed by atoms with van der Waals surface area (Å²) in [7, 11) is 0. The number of carbonyl (C=O) groups is 1. The first kappa shape index (κ1) is 31.0. The van der Waals surface area contributed by atoms with Gasteiger partial charge in [-0.1, -0.05) is 115 Å². The van der Waals surface area contributed by atoms with E-state index < -0.39 is 11.6 Å². The molecule has 0 aliphatic carbocycles. The minimum atomic E-state index is -1.23. The molecule has 1 aliphatic rings. The van der Waals surface area contributed by atoms with E-state index in [4.69, 9.17) is 21.4 Å². The summed E-state index contributed by atoms with van der Waals surface area (Å²) in [5.41, 5.74) is 2.81. The molecule has 0 aromatic heterocycles. The van der Waals surface area contributed by atoms with E-state index in [-0.39, 0.29) is 0 Å². The predicted molar refractivity (Wildman–Crippen MR) is 172 cm³/mol. The molecule has 218 valence electrons. The maximum absolute atomic E-state index is 10.7. The van der Waals surface area contributed by atoms with Crippen LogP contribution in [-0.4, -0.2) is 59.2 Å². The van der Waals surface area contributed by atoms with Gasteiger partial charge in [-0.15, -0.1) is 0 Å². The van der Waals surface area contributed by atoms with Crippen LogP contribution in [0.15, 0.2) is 121 Å². The number of ether oxygens (including phenoxy) is 1. The molecule has 4 aromatic carbocycles. The highest BCUT2D eigenvalue weighted by atomic mass is 35.5. The number of aliphatic carboxylic acids is 1. The van der Waals surface area contributed by atoms with E-state index in [0.717, 1.165) is 32.7 Å². The smallest absolute Gasteiger partial charge is 0.347 e. The van der Waals surface area contributed by atoms with Crippen molar-refractivity contribution in [3.05, 3.63) is 143 Å². The molecule has 1 N–H and O–H groups in total. The minimum absolute atomic E-state index is 0.337. The molecule has 4 aromatic rings. The number of carboxylic acid groups (broad SMARTS) is 1. The van der Waals surface area contributed by atoms with Gasteiger partial charge in [0.15, 0.2) is 5.60 Å². The summed E-state index contributed by atoms with van der Waals surface area (Å²) in [6.45, 7) is 8.39. The van der Waals surface area contributed by atoms with Gasteiger partial charge in [-0.05, 0) is 54.8 Å². The summed E-state index contributed by atoms with van der Waals surface area (Å²) in [6, 6.07) is 39.3. The molecule has 0 bridgehead atoms. The molecule has 6 heteroatoms. The van der Waals surface area contributed by atoms with Crippen LogP contribution in [0.1, 0.15) is 36.6 Å². The second-order valence-corrected chi connectivity index (χ2v) is 11.2. The molecule has 0 radical (unpaired) electrons. The van der Waals surface area contributed by atoms with Gasteiger partial charge in [-0.2, -0.15) is 0 Å². The fraction of sp³-hybridized carbons (Fsp3) is 0.250. The Balaban J connectivity index is 0.000000244. The van der Waals surface area contributed by atoms with Crippen LogP contribution in [0.5, 0.6) is 5.75 Å². The summed E-state index contributed by atoms with van der Waals surface area (Å²) in [4.78, 5) is 15.9. The van der Waals surface area contributed by atoms with Crippen LogP contribution in [0, 0.1) is 0 Å². The standard InChI is InChI=1S/C26H28N2.C10H11ClO3/c1-4-11-23(12-5-1)13-10-18-27-19-21-28(22-20-27)26(24-14-6-2-7-15-24)25-16-8-3-9-17-25;1-10(2,9(12)13)14-8-5-3-7(11)4-6-8/h1-17,26H,18-22H2;3-6H,1-2H3,(H,12,13)/b13-10+;. The van der Waals surface area contributed by atoms with Crippen LogP contribution < -0.4 is 4.74 Å². The molecule has 5 rings (SSSR count). The number of halogens is 1. The lowest BCUT2D eigenvalue weighted by Gasteiger charge is -2.39. The Hall–Kier alpha value is -3.90. The van der Waals surface area contributed by atoms with Crippen LogP contribution in [0.25, 0.3) is 6.08 Å². The molecule has 1 aliphatic heterocycles. The fourth-order valence-corrected chi connectivity index (χ4v) is 4.96. The Kier molecular flexibility index (Phi) is 11.4. The van der Waals surface area contributed by atoms with Gasteiger partial charge in [0.25, 0.3) is 0 Å². The number of benzene rings is 4. The number of hydrogen-bond donors (Lipinski definition) is 1. The molecule has 0 saturated carbocycles. The Labute approximate surface area is 254 Å². The van der Waals surface area contributed by atoms with Crippen molar-refractivity contribution in [3.8, 4) is 5.75 Å². The maximum Gasteiger partial charge on any atom is 0.347 e. The van der Waals surface area contributed by atoms with E-state index in [1.807, 2.05) is 0 Å². The maximum atomic E-state index is 10.7. The fourth-order valence-electron chi connectivity index (χ4n) is 4.83. The molecule has 0 atom stereocenters. The number of piperazine rings is 1. The highest BCUT2D eigenvalue weighted by Crippen LogP contribution is 2.29. The highest BCUT2D eigenvalue weighted by Gasteiger charge is 2.29. The second kappa shape index (κ2) is 15.4. The summed E-state index contributed by atoms with van der Waals surface area (Å²) < 4.78 is 5.26. The van der Waals surface area contributed by atoms with Crippen molar-refractivity contribution in [2.24, 2.45) is 0 Å². The molecule has 1 heterocycles. The lowest BCUT2D eigenvalue weighted by atomic mass is 9.96. The van der Waals surface area contributed by atoms with Crippen molar-refractivity contribution >= 4 is 23.6 Å². The van der Waals surface area contributed by atoms with Gasteiger partial charge in [0.05, 0.1) is 6.04 Å². The van der Waals surface area contributed by atoms with Crippen LogP contribution in [0.2, 0.25) is 5.02 Å². The van der Waals surface area contributed by atoms with Gasteiger partial charge in [-0.3, -0.25) is 9.80 Å². The summed E-state index contributed by atoms with van der Waals surface area (Å²) >= 11 is 5.67. The average molecular weight is 583 g/mol. The van der Waals surface area contributed by atoms with Crippen molar-refractivity contribution in [1.29, 1.82) is 0 Å². The molecule has 5 nitrogen and oxygen atoms in total. The quantitative estimate of drug-likeness (QED) is 0.219. The molecule has 0 unspecified atom stereocenters. The van der Waals surface area contributed by atoms with E-state index in [1.54, 1.807) is 24.3 Å². The average Bonchev–Trinajstić information content (AvgIpc) is 3.01. The highest BCUT2D eigenvalue weighted by molar-refractivity contribution is 6.30. The van der Waals surface area contributed by atoms with Crippen molar-refractivity contribution in [3.63, 3.8) is 0 Å². The van der Waals surface area contributed by atoms with Crippen molar-refractivity contribution in [2.75, 3.05) is 32.7 Å². The van der Waals surface area contributed by atoms with Gasteiger partial charge >= 0.3 is 5.97 Å². The molecular weight excluding hydrogens is 544 g/mol. The summed E-state index contributed by atoms with van der Waals surface area (Å²) in [5, 5.41) is 9.39. The lowest BCUT2D eigenvalue weighted by molar-refractivity contribution is -0.152. The van der Waals surface area contributed by atoms with Gasteiger partial charge in [-0.25, -0.2) is 4.79 Å². The number of rotatable bonds is 9. The van der Waals surface area contributed by atoms with E-state index in [1.165, 1.54) is 30.5 Å². The SMILES string of the molecule is C(=C\c1ccccc1)/CN1CCN(C(c2ccccc2)c2ccccc2)CC1.CC(C)(Oc1ccc(Cl)cc1)C(=O)O. The Morgan fingerprint density at radius 2 is 1.31 bits per heavy atom. The summed E-state index contributed by atoms with van der Waals surface area (Å²) in [5.74, 6) is -0.519. The zero-order chi connectivity index (χ0) is 29.8. The topological polar surface area (TPSA) is 53.0 Å². The third kappa shape index (κ3) is 9.31. The molecule has 0 spiro atoms. The van der Waals surface area contributed by atoms with Gasteiger partial charge < -0.3 is 9.84 Å². The second-order valence-electron chi connectivity index (χ2n) is 10.7. The monoisotopic (exact) mass is 582 g/mol. The Bertz CT molecular complexity index is 1350. The van der Waals surface area contributed by atoms with Crippen molar-refractivity contribution in [1.82, 2.24) is 9.80 Å². The Morgan fingerprint density at radius 1 is 0.810 bits per heavy atom. The van der Waals surface area contributed by atoms with Gasteiger partial charge in [0, 0.05) is 37.7 Å². The van der Waals surface area contributed by atoms with Crippen LogP contribution in [-0.2, 0) is 4.79 Å². The number of nitrogens with zero attached hydrogens (tertiary/aromatic N) is 2. The molecular formula is C36H39ClN2O3. The zero-order valence-electron chi connectivity index (χ0n) is 24.3. The third-order valence-corrected chi connectivity index (χ3v) is 7.43. The largest absolute Gasteiger partial charge is 0.478 e. The molecule has 42 heavy (non-hydrogen) atoms. The number of carboxylic acids is 1. The minimum Gasteiger partial charge on any atom is -0.478 e. The van der Waals surface area contributed by atoms with Crippen molar-refractivity contribution < 1.29 is 14.6 Å². The van der Waals surface area contributed by atoms with Crippen LogP contribution in [0.3, 0.4) is 0 Å². The summed E-state index contributed by atoms with van der Waals surface area (Å²) in [6.07, 6.45) is 4.51. The molecule has 1 fully saturated rings. The molecule has 1 saturated heterocycles. The third-order valence-electron chi connectivity index (χ3n) is 7.18. The van der Waals surface area contributed by atoms with Gasteiger partial charge in [0.1, 0.15) is 5.75 Å². The van der Waals surface area contributed by atoms with Gasteiger partial charge in [0.2, 0.25) is 0 Å². The molecule has 0 amide bonds. The van der Waals surface area contributed by atoms with E-state index in [0.29, 0.717) is 16.8 Å². The van der Waals surface area contributed by atoms with Crippen LogP contribution in [0.4, 0.5) is 0 Å². The van der Waals surface area contributed by atoms with E-state index in [2.05, 4.69) is 113 Å². The van der Waals surface area contributed by atoms with Crippen molar-refractivity contribution in [2.45, 2.75) is 25.5 Å². The van der Waals surface area contributed by atoms with E-state index in [9.17, 15) is 4.79 Å². The van der Waals surface area contributed by atoms with E-state index >= 15 is 0 Å².